The number of carbonyl (C=O) groups excluding carboxylic acids is 1. The molecule has 2 aliphatic rings. The zero-order valence-corrected chi connectivity index (χ0v) is 26.8. The number of aliphatic hydroxyl groups is 1. The number of hydrogen-bond donors (Lipinski definition) is 2. The number of benzene rings is 4. The number of ether oxygens (including phenoxy) is 2. The van der Waals surface area contributed by atoms with Crippen molar-refractivity contribution in [3.05, 3.63) is 131 Å². The number of likely N-dealkylation sites (tertiary alicyclic amines) is 1. The van der Waals surface area contributed by atoms with E-state index in [0.717, 1.165) is 53.0 Å². The predicted molar refractivity (Wildman–Crippen MR) is 182 cm³/mol. The Bertz CT molecular complexity index is 1530. The van der Waals surface area contributed by atoms with Gasteiger partial charge in [-0.05, 0) is 71.9 Å². The highest BCUT2D eigenvalue weighted by Gasteiger charge is 2.39. The molecule has 4 aromatic carbocycles. The molecule has 0 bridgehead atoms. The van der Waals surface area contributed by atoms with Crippen LogP contribution in [-0.4, -0.2) is 41.7 Å². The van der Waals surface area contributed by atoms with Crippen LogP contribution in [0.2, 0.25) is 0 Å². The number of carbonyl (C=O) groups is 1. The van der Waals surface area contributed by atoms with Crippen LogP contribution in [0.3, 0.4) is 0 Å². The first kappa shape index (κ1) is 32.1. The SMILES string of the molecule is CC1C(CN2CCCCCCC2)OC(c2ccc(-c3cccc(CNC(=O)c4ccccc4)c3)cc2)OC1c1ccc(CO)cc1. The average molecular weight is 619 g/mol. The molecule has 2 N–H and O–H groups in total. The van der Waals surface area contributed by atoms with Gasteiger partial charge in [0.15, 0.2) is 6.29 Å². The Morgan fingerprint density at radius 3 is 2.17 bits per heavy atom. The molecule has 4 atom stereocenters. The second kappa shape index (κ2) is 15.7. The predicted octanol–water partition coefficient (Wildman–Crippen LogP) is 7.83. The van der Waals surface area contributed by atoms with Crippen molar-refractivity contribution in [2.24, 2.45) is 5.92 Å². The van der Waals surface area contributed by atoms with E-state index in [2.05, 4.69) is 65.7 Å². The molecule has 240 valence electrons. The highest BCUT2D eigenvalue weighted by molar-refractivity contribution is 5.94. The van der Waals surface area contributed by atoms with E-state index in [1.54, 1.807) is 0 Å². The Kier molecular flexibility index (Phi) is 10.9. The molecule has 4 unspecified atom stereocenters. The van der Waals surface area contributed by atoms with Gasteiger partial charge in [-0.2, -0.15) is 0 Å². The maximum absolute atomic E-state index is 12.5. The molecule has 2 heterocycles. The molecule has 0 radical (unpaired) electrons. The molecule has 6 heteroatoms. The first-order chi connectivity index (χ1) is 22.6. The summed E-state index contributed by atoms with van der Waals surface area (Å²) in [6, 6.07) is 34.2. The Morgan fingerprint density at radius 1 is 0.761 bits per heavy atom. The van der Waals surface area contributed by atoms with Gasteiger partial charge in [-0.3, -0.25) is 4.79 Å². The quantitative estimate of drug-likeness (QED) is 0.200. The second-order valence-electron chi connectivity index (χ2n) is 12.8. The fraction of sp³-hybridized carbons (Fsp3) is 0.375. The minimum atomic E-state index is -0.480. The molecule has 2 saturated heterocycles. The van der Waals surface area contributed by atoms with Crippen molar-refractivity contribution in [2.75, 3.05) is 19.6 Å². The van der Waals surface area contributed by atoms with Gasteiger partial charge < -0.3 is 24.8 Å². The van der Waals surface area contributed by atoms with Crippen LogP contribution in [-0.2, 0) is 22.6 Å². The van der Waals surface area contributed by atoms with E-state index in [1.165, 1.54) is 32.1 Å². The van der Waals surface area contributed by atoms with Gasteiger partial charge in [0.2, 0.25) is 0 Å². The molecule has 1 amide bonds. The standard InChI is InChI=1S/C40H46N2O4/c1-29-37(27-42-23-8-3-2-4-9-24-42)45-40(46-38(29)33-17-15-30(28-43)16-18-33)35-21-19-32(20-22-35)36-14-10-11-31(25-36)26-41-39(44)34-12-6-5-7-13-34/h5-7,10-22,25,29,37-38,40,43H,2-4,8-9,23-24,26-28H2,1H3,(H,41,44). The van der Waals surface area contributed by atoms with Crippen LogP contribution < -0.4 is 5.32 Å². The number of aliphatic hydroxyl groups excluding tert-OH is 1. The van der Waals surface area contributed by atoms with Crippen LogP contribution in [0.4, 0.5) is 0 Å². The lowest BCUT2D eigenvalue weighted by Gasteiger charge is -2.43. The Labute approximate surface area is 273 Å². The molecule has 0 spiro atoms. The third-order valence-corrected chi connectivity index (χ3v) is 9.44. The van der Waals surface area contributed by atoms with E-state index in [9.17, 15) is 9.90 Å². The zero-order chi connectivity index (χ0) is 31.7. The molecule has 4 aromatic rings. The Hall–Kier alpha value is -3.81. The smallest absolute Gasteiger partial charge is 0.251 e. The van der Waals surface area contributed by atoms with Gasteiger partial charge in [-0.15, -0.1) is 0 Å². The van der Waals surface area contributed by atoms with Gasteiger partial charge in [0.1, 0.15) is 0 Å². The van der Waals surface area contributed by atoms with Crippen LogP contribution in [0.5, 0.6) is 0 Å². The largest absolute Gasteiger partial charge is 0.392 e. The molecule has 0 aliphatic carbocycles. The summed E-state index contributed by atoms with van der Waals surface area (Å²) < 4.78 is 13.5. The molecule has 6 rings (SSSR count). The van der Waals surface area contributed by atoms with Crippen molar-refractivity contribution in [1.82, 2.24) is 10.2 Å². The molecular formula is C40H46N2O4. The Balaban J connectivity index is 1.18. The van der Waals surface area contributed by atoms with Crippen LogP contribution in [0.25, 0.3) is 11.1 Å². The van der Waals surface area contributed by atoms with Crippen LogP contribution in [0, 0.1) is 5.92 Å². The number of nitrogens with one attached hydrogen (secondary N) is 1. The van der Waals surface area contributed by atoms with Gasteiger partial charge >= 0.3 is 0 Å². The lowest BCUT2D eigenvalue weighted by Crippen LogP contribution is -2.45. The van der Waals surface area contributed by atoms with Crippen LogP contribution in [0.1, 0.15) is 84.0 Å². The topological polar surface area (TPSA) is 71.0 Å². The summed E-state index contributed by atoms with van der Waals surface area (Å²) in [6.07, 6.45) is 5.88. The van der Waals surface area contributed by atoms with Crippen molar-refractivity contribution in [3.63, 3.8) is 0 Å². The van der Waals surface area contributed by atoms with E-state index in [1.807, 2.05) is 54.6 Å². The van der Waals surface area contributed by atoms with Crippen LogP contribution >= 0.6 is 0 Å². The number of nitrogens with zero attached hydrogens (tertiary/aromatic N) is 1. The second-order valence-corrected chi connectivity index (χ2v) is 12.8. The molecular weight excluding hydrogens is 572 g/mol. The first-order valence-electron chi connectivity index (χ1n) is 16.8. The van der Waals surface area contributed by atoms with Crippen molar-refractivity contribution in [3.8, 4) is 11.1 Å². The van der Waals surface area contributed by atoms with Crippen LogP contribution in [0.15, 0.2) is 103 Å². The summed E-state index contributed by atoms with van der Waals surface area (Å²) in [4.78, 5) is 15.1. The summed E-state index contributed by atoms with van der Waals surface area (Å²) in [6.45, 7) is 5.88. The Morgan fingerprint density at radius 2 is 1.46 bits per heavy atom. The molecule has 6 nitrogen and oxygen atoms in total. The van der Waals surface area contributed by atoms with Crippen molar-refractivity contribution in [2.45, 2.75) is 70.7 Å². The third-order valence-electron chi connectivity index (χ3n) is 9.44. The molecule has 0 aromatic heterocycles. The van der Waals surface area contributed by atoms with Gasteiger partial charge in [-0.1, -0.05) is 111 Å². The van der Waals surface area contributed by atoms with E-state index in [0.29, 0.717) is 12.1 Å². The maximum Gasteiger partial charge on any atom is 0.251 e. The van der Waals surface area contributed by atoms with Gasteiger partial charge in [0.05, 0.1) is 18.8 Å². The van der Waals surface area contributed by atoms with Gasteiger partial charge in [0, 0.05) is 30.1 Å². The minimum absolute atomic E-state index is 0.0300. The monoisotopic (exact) mass is 618 g/mol. The van der Waals surface area contributed by atoms with E-state index >= 15 is 0 Å². The number of hydrogen-bond acceptors (Lipinski definition) is 5. The fourth-order valence-electron chi connectivity index (χ4n) is 6.65. The van der Waals surface area contributed by atoms with Crippen molar-refractivity contribution < 1.29 is 19.4 Å². The lowest BCUT2D eigenvalue weighted by molar-refractivity contribution is -0.276. The summed E-state index contributed by atoms with van der Waals surface area (Å²) >= 11 is 0. The lowest BCUT2D eigenvalue weighted by atomic mass is 9.89. The number of rotatable bonds is 9. The third kappa shape index (κ3) is 8.12. The first-order valence-corrected chi connectivity index (χ1v) is 16.8. The summed E-state index contributed by atoms with van der Waals surface area (Å²) in [5.74, 6) is 0.0931. The summed E-state index contributed by atoms with van der Waals surface area (Å²) in [5.41, 5.74) is 6.90. The average Bonchev–Trinajstić information content (AvgIpc) is 3.10. The molecule has 2 aliphatic heterocycles. The van der Waals surface area contributed by atoms with Crippen molar-refractivity contribution >= 4 is 5.91 Å². The van der Waals surface area contributed by atoms with Gasteiger partial charge in [0.25, 0.3) is 5.91 Å². The van der Waals surface area contributed by atoms with E-state index < -0.39 is 6.29 Å². The van der Waals surface area contributed by atoms with Gasteiger partial charge in [-0.25, -0.2) is 0 Å². The minimum Gasteiger partial charge on any atom is -0.392 e. The number of amides is 1. The molecule has 0 saturated carbocycles. The highest BCUT2D eigenvalue weighted by atomic mass is 16.7. The zero-order valence-electron chi connectivity index (χ0n) is 26.8. The fourth-order valence-corrected chi connectivity index (χ4v) is 6.65. The normalized spacial score (nSPS) is 22.5. The summed E-state index contributed by atoms with van der Waals surface area (Å²) in [5, 5.41) is 12.6. The highest BCUT2D eigenvalue weighted by Crippen LogP contribution is 2.42. The summed E-state index contributed by atoms with van der Waals surface area (Å²) in [7, 11) is 0. The maximum atomic E-state index is 12.5. The van der Waals surface area contributed by atoms with E-state index in [-0.39, 0.29) is 30.6 Å². The van der Waals surface area contributed by atoms with E-state index in [4.69, 9.17) is 9.47 Å². The van der Waals surface area contributed by atoms with Crippen molar-refractivity contribution in [1.29, 1.82) is 0 Å². The molecule has 46 heavy (non-hydrogen) atoms. The molecule has 2 fully saturated rings.